The number of nitrogens with zero attached hydrogens (tertiary/aromatic N) is 1. The highest BCUT2D eigenvalue weighted by Crippen LogP contribution is 2.19. The van der Waals surface area contributed by atoms with E-state index in [0.717, 1.165) is 23.6 Å². The van der Waals surface area contributed by atoms with E-state index in [1.165, 1.54) is 0 Å². The Labute approximate surface area is 140 Å². The van der Waals surface area contributed by atoms with Crippen molar-refractivity contribution in [3.05, 3.63) is 52.2 Å². The smallest absolute Gasteiger partial charge is 0.254 e. The summed E-state index contributed by atoms with van der Waals surface area (Å²) in [5, 5.41) is 2.02. The van der Waals surface area contributed by atoms with E-state index in [-0.39, 0.29) is 24.4 Å². The molecule has 2 N–H and O–H groups in total. The minimum Gasteiger partial charge on any atom is -0.488 e. The molecule has 0 unspecified atom stereocenters. The lowest BCUT2D eigenvalue weighted by Crippen LogP contribution is -2.31. The third-order valence-corrected chi connectivity index (χ3v) is 4.40. The van der Waals surface area contributed by atoms with Crippen molar-refractivity contribution in [2.45, 2.75) is 19.1 Å². The third kappa shape index (κ3) is 4.00. The van der Waals surface area contributed by atoms with Crippen molar-refractivity contribution in [3.63, 3.8) is 0 Å². The zero-order valence-corrected chi connectivity index (χ0v) is 13.7. The van der Waals surface area contributed by atoms with Crippen LogP contribution in [0, 0.1) is 0 Å². The predicted molar refractivity (Wildman–Crippen MR) is 90.8 cm³/mol. The fraction of sp³-hybridized carbons (Fsp3) is 0.312. The summed E-state index contributed by atoms with van der Waals surface area (Å²) < 4.78 is 5.74. The lowest BCUT2D eigenvalue weighted by atomic mass is 10.2. The van der Waals surface area contributed by atoms with Crippen LogP contribution in [0.2, 0.25) is 0 Å². The second-order valence-electron chi connectivity index (χ2n) is 5.20. The molecule has 2 heterocycles. The van der Waals surface area contributed by atoms with Crippen molar-refractivity contribution in [1.82, 2.24) is 4.90 Å². The van der Waals surface area contributed by atoms with E-state index in [9.17, 15) is 4.79 Å². The Morgan fingerprint density at radius 3 is 2.91 bits per heavy atom. The molecule has 0 aliphatic carbocycles. The van der Waals surface area contributed by atoms with Gasteiger partial charge in [-0.2, -0.15) is 0 Å². The second kappa shape index (κ2) is 7.63. The van der Waals surface area contributed by atoms with Crippen molar-refractivity contribution in [2.24, 2.45) is 5.73 Å². The molecule has 1 saturated heterocycles. The largest absolute Gasteiger partial charge is 0.488 e. The number of benzene rings is 1. The number of hydrogen-bond donors (Lipinski definition) is 1. The van der Waals surface area contributed by atoms with Crippen LogP contribution in [0.5, 0.6) is 5.75 Å². The first-order chi connectivity index (χ1) is 10.2. The molecule has 1 aliphatic heterocycles. The van der Waals surface area contributed by atoms with Crippen LogP contribution in [0.1, 0.15) is 21.7 Å². The maximum Gasteiger partial charge on any atom is 0.254 e. The van der Waals surface area contributed by atoms with E-state index in [1.807, 2.05) is 40.6 Å². The molecule has 1 atom stereocenters. The lowest BCUT2D eigenvalue weighted by molar-refractivity contribution is 0.0790. The van der Waals surface area contributed by atoms with Crippen LogP contribution >= 0.6 is 23.7 Å². The number of nitrogens with two attached hydrogens (primary N) is 1. The Bertz CT molecular complexity index is 618. The first-order valence-electron chi connectivity index (χ1n) is 7.02. The van der Waals surface area contributed by atoms with Crippen LogP contribution in [0.15, 0.2) is 41.8 Å². The summed E-state index contributed by atoms with van der Waals surface area (Å²) >= 11 is 1.66. The standard InChI is InChI=1S/C16H18N2O2S.ClH/c17-13-6-7-18(10-13)16(19)12-3-1-4-14(9-12)20-11-15-5-2-8-21-15;/h1-5,8-9,13H,6-7,10-11,17H2;1H/t13-;/m1./s1. The molecule has 3 rings (SSSR count). The molecule has 0 radical (unpaired) electrons. The van der Waals surface area contributed by atoms with Gasteiger partial charge in [0.1, 0.15) is 12.4 Å². The number of likely N-dealkylation sites (tertiary alicyclic amines) is 1. The summed E-state index contributed by atoms with van der Waals surface area (Å²) in [6.07, 6.45) is 0.875. The van der Waals surface area contributed by atoms with Crippen molar-refractivity contribution < 1.29 is 9.53 Å². The van der Waals surface area contributed by atoms with Gasteiger partial charge in [-0.3, -0.25) is 4.79 Å². The van der Waals surface area contributed by atoms with Crippen LogP contribution < -0.4 is 10.5 Å². The van der Waals surface area contributed by atoms with Crippen LogP contribution in [0.4, 0.5) is 0 Å². The maximum absolute atomic E-state index is 12.4. The summed E-state index contributed by atoms with van der Waals surface area (Å²) in [4.78, 5) is 15.4. The highest BCUT2D eigenvalue weighted by molar-refractivity contribution is 7.09. The molecule has 1 fully saturated rings. The maximum atomic E-state index is 12.4. The highest BCUT2D eigenvalue weighted by Gasteiger charge is 2.24. The average molecular weight is 339 g/mol. The minimum absolute atomic E-state index is 0. The van der Waals surface area contributed by atoms with Crippen molar-refractivity contribution >= 4 is 29.7 Å². The molecule has 1 aliphatic rings. The summed E-state index contributed by atoms with van der Waals surface area (Å²) in [6.45, 7) is 1.91. The summed E-state index contributed by atoms with van der Waals surface area (Å²) in [5.41, 5.74) is 6.52. The van der Waals surface area contributed by atoms with Gasteiger partial charge >= 0.3 is 0 Å². The molecule has 0 saturated carbocycles. The number of thiophene rings is 1. The summed E-state index contributed by atoms with van der Waals surface area (Å²) in [7, 11) is 0. The number of carbonyl (C=O) groups is 1. The van der Waals surface area contributed by atoms with Crippen LogP contribution in [-0.4, -0.2) is 29.9 Å². The monoisotopic (exact) mass is 338 g/mol. The van der Waals surface area contributed by atoms with E-state index >= 15 is 0 Å². The van der Waals surface area contributed by atoms with Gasteiger partial charge in [-0.15, -0.1) is 23.7 Å². The molecule has 118 valence electrons. The van der Waals surface area contributed by atoms with Crippen LogP contribution in [-0.2, 0) is 6.61 Å². The number of ether oxygens (including phenoxy) is 1. The van der Waals surface area contributed by atoms with E-state index in [2.05, 4.69) is 0 Å². The van der Waals surface area contributed by atoms with Crippen molar-refractivity contribution in [1.29, 1.82) is 0 Å². The highest BCUT2D eigenvalue weighted by atomic mass is 35.5. The number of carbonyl (C=O) groups excluding carboxylic acids is 1. The van der Waals surface area contributed by atoms with Crippen molar-refractivity contribution in [3.8, 4) is 5.75 Å². The second-order valence-corrected chi connectivity index (χ2v) is 6.23. The molecule has 1 aromatic heterocycles. The Morgan fingerprint density at radius 1 is 1.36 bits per heavy atom. The van der Waals surface area contributed by atoms with Gasteiger partial charge in [-0.05, 0) is 36.1 Å². The van der Waals surface area contributed by atoms with E-state index in [4.69, 9.17) is 10.5 Å². The van der Waals surface area contributed by atoms with Gasteiger partial charge in [0.15, 0.2) is 0 Å². The number of halogens is 1. The zero-order valence-electron chi connectivity index (χ0n) is 12.1. The predicted octanol–water partition coefficient (Wildman–Crippen LogP) is 2.92. The Hall–Kier alpha value is -1.56. The number of hydrogen-bond acceptors (Lipinski definition) is 4. The number of amides is 1. The van der Waals surface area contributed by atoms with E-state index in [1.54, 1.807) is 17.4 Å². The molecule has 22 heavy (non-hydrogen) atoms. The van der Waals surface area contributed by atoms with Gasteiger partial charge in [0.2, 0.25) is 0 Å². The SMILES string of the molecule is Cl.N[C@@H]1CCN(C(=O)c2cccc(OCc3cccs3)c2)C1. The third-order valence-electron chi connectivity index (χ3n) is 3.55. The molecule has 6 heteroatoms. The van der Waals surface area contributed by atoms with Gasteiger partial charge in [0.25, 0.3) is 5.91 Å². The fourth-order valence-electron chi connectivity index (χ4n) is 2.42. The molecular formula is C16H19ClN2O2S. The molecule has 4 nitrogen and oxygen atoms in total. The average Bonchev–Trinajstić information content (AvgIpc) is 3.16. The zero-order chi connectivity index (χ0) is 14.7. The molecule has 0 bridgehead atoms. The van der Waals surface area contributed by atoms with Crippen LogP contribution in [0.3, 0.4) is 0 Å². The van der Waals surface area contributed by atoms with Crippen LogP contribution in [0.25, 0.3) is 0 Å². The van der Waals surface area contributed by atoms with Gasteiger partial charge in [-0.1, -0.05) is 12.1 Å². The Morgan fingerprint density at radius 2 is 2.23 bits per heavy atom. The topological polar surface area (TPSA) is 55.6 Å². The number of rotatable bonds is 4. The first kappa shape index (κ1) is 16.8. The molecule has 2 aromatic rings. The van der Waals surface area contributed by atoms with Gasteiger partial charge in [0, 0.05) is 29.6 Å². The van der Waals surface area contributed by atoms with Gasteiger partial charge in [0.05, 0.1) is 0 Å². The Balaban J connectivity index is 0.00000176. The van der Waals surface area contributed by atoms with Gasteiger partial charge in [-0.25, -0.2) is 0 Å². The first-order valence-corrected chi connectivity index (χ1v) is 7.90. The summed E-state index contributed by atoms with van der Waals surface area (Å²) in [6, 6.07) is 11.5. The molecular weight excluding hydrogens is 320 g/mol. The normalized spacial score (nSPS) is 17.1. The minimum atomic E-state index is 0. The summed E-state index contributed by atoms with van der Waals surface area (Å²) in [5.74, 6) is 0.752. The van der Waals surface area contributed by atoms with E-state index in [0.29, 0.717) is 18.7 Å². The molecule has 1 aromatic carbocycles. The quantitative estimate of drug-likeness (QED) is 0.932. The van der Waals surface area contributed by atoms with Crippen molar-refractivity contribution in [2.75, 3.05) is 13.1 Å². The molecule has 0 spiro atoms. The van der Waals surface area contributed by atoms with E-state index < -0.39 is 0 Å². The fourth-order valence-corrected chi connectivity index (χ4v) is 3.04. The van der Waals surface area contributed by atoms with Gasteiger partial charge < -0.3 is 15.4 Å². The Kier molecular flexibility index (Phi) is 5.83. The lowest BCUT2D eigenvalue weighted by Gasteiger charge is -2.16. The molecule has 1 amide bonds.